The van der Waals surface area contributed by atoms with E-state index >= 15 is 0 Å². The van der Waals surface area contributed by atoms with Crippen LogP contribution in [0.4, 0.5) is 26.3 Å². The summed E-state index contributed by atoms with van der Waals surface area (Å²) in [6.45, 7) is 0. The molecule has 1 heterocycles. The largest absolute Gasteiger partial charge is 0.416 e. The first-order valence-electron chi connectivity index (χ1n) is 10.9. The lowest BCUT2D eigenvalue weighted by molar-refractivity contribution is -0.138. The molecule has 5 rings (SSSR count). The Morgan fingerprint density at radius 2 is 0.833 bits per heavy atom. The van der Waals surface area contributed by atoms with Gasteiger partial charge in [-0.15, -0.1) is 0 Å². The second-order valence-electron chi connectivity index (χ2n) is 8.36. The van der Waals surface area contributed by atoms with Crippen LogP contribution in [-0.4, -0.2) is 4.98 Å². The smallest absolute Gasteiger partial charge is 0.256 e. The number of nitrogens with zero attached hydrogens (tertiary/aromatic N) is 1. The Morgan fingerprint density at radius 3 is 1.28 bits per heavy atom. The van der Waals surface area contributed by atoms with Crippen LogP contribution < -0.4 is 0 Å². The molecule has 0 spiro atoms. The highest BCUT2D eigenvalue weighted by Crippen LogP contribution is 2.33. The van der Waals surface area contributed by atoms with Gasteiger partial charge in [0.1, 0.15) is 0 Å². The van der Waals surface area contributed by atoms with Crippen molar-refractivity contribution in [2.24, 2.45) is 0 Å². The molecule has 0 saturated carbocycles. The Kier molecular flexibility index (Phi) is 5.79. The highest BCUT2D eigenvalue weighted by atomic mass is 19.4. The lowest BCUT2D eigenvalue weighted by Crippen LogP contribution is -2.04. The van der Waals surface area contributed by atoms with E-state index in [0.717, 1.165) is 51.7 Å². The Labute approximate surface area is 202 Å². The molecule has 0 fully saturated rings. The van der Waals surface area contributed by atoms with Gasteiger partial charge in [-0.2, -0.15) is 26.3 Å². The highest BCUT2D eigenvalue weighted by molar-refractivity contribution is 5.90. The molecule has 0 aliphatic heterocycles. The van der Waals surface area contributed by atoms with Gasteiger partial charge in [0.05, 0.1) is 16.8 Å². The number of halogens is 6. The predicted molar refractivity (Wildman–Crippen MR) is 128 cm³/mol. The van der Waals surface area contributed by atoms with Crippen molar-refractivity contribution in [3.8, 4) is 33.5 Å². The van der Waals surface area contributed by atoms with Crippen molar-refractivity contribution in [2.75, 3.05) is 0 Å². The van der Waals surface area contributed by atoms with Gasteiger partial charge in [0.25, 0.3) is 0 Å². The third-order valence-electron chi connectivity index (χ3n) is 5.99. The summed E-state index contributed by atoms with van der Waals surface area (Å²) in [4.78, 5) is 4.41. The van der Waals surface area contributed by atoms with Gasteiger partial charge in [0.2, 0.25) is 0 Å². The first kappa shape index (κ1) is 23.6. The molecule has 0 amide bonds. The summed E-state index contributed by atoms with van der Waals surface area (Å²) in [5, 5.41) is 1.89. The molecule has 0 unspecified atom stereocenters. The lowest BCUT2D eigenvalue weighted by Gasteiger charge is -2.10. The van der Waals surface area contributed by atoms with Crippen molar-refractivity contribution in [3.05, 3.63) is 114 Å². The van der Waals surface area contributed by atoms with E-state index in [1.165, 1.54) is 24.3 Å². The van der Waals surface area contributed by atoms with E-state index < -0.39 is 23.5 Å². The molecule has 0 aliphatic carbocycles. The maximum absolute atomic E-state index is 12.8. The van der Waals surface area contributed by atoms with E-state index in [0.29, 0.717) is 16.8 Å². The van der Waals surface area contributed by atoms with Crippen molar-refractivity contribution in [2.45, 2.75) is 12.4 Å². The molecule has 0 N–H and O–H groups in total. The van der Waals surface area contributed by atoms with Crippen LogP contribution in [0.25, 0.3) is 44.3 Å². The molecular formula is C29H17F6N. The van der Waals surface area contributed by atoms with E-state index in [4.69, 9.17) is 0 Å². The fraction of sp³-hybridized carbons (Fsp3) is 0.0690. The molecule has 4 aromatic carbocycles. The fourth-order valence-electron chi connectivity index (χ4n) is 4.02. The first-order chi connectivity index (χ1) is 17.1. The van der Waals surface area contributed by atoms with Crippen LogP contribution in [0.15, 0.2) is 103 Å². The van der Waals surface area contributed by atoms with Crippen LogP contribution in [0.1, 0.15) is 11.1 Å². The topological polar surface area (TPSA) is 12.9 Å². The van der Waals surface area contributed by atoms with E-state index in [2.05, 4.69) is 4.98 Å². The van der Waals surface area contributed by atoms with Crippen LogP contribution in [0.3, 0.4) is 0 Å². The molecule has 5 aromatic rings. The molecule has 0 bridgehead atoms. The molecule has 180 valence electrons. The maximum atomic E-state index is 12.8. The van der Waals surface area contributed by atoms with Gasteiger partial charge < -0.3 is 0 Å². The molecule has 0 aliphatic rings. The molecule has 0 atom stereocenters. The number of hydrogen-bond donors (Lipinski definition) is 0. The predicted octanol–water partition coefficient (Wildman–Crippen LogP) is 9.27. The van der Waals surface area contributed by atoms with Gasteiger partial charge in [-0.1, -0.05) is 54.6 Å². The minimum absolute atomic E-state index is 0.564. The van der Waals surface area contributed by atoms with Crippen LogP contribution in [0, 0.1) is 0 Å². The third kappa shape index (κ3) is 4.82. The van der Waals surface area contributed by atoms with Gasteiger partial charge in [-0.05, 0) is 69.9 Å². The average molecular weight is 493 g/mol. The van der Waals surface area contributed by atoms with Crippen LogP contribution in [0.5, 0.6) is 0 Å². The molecule has 36 heavy (non-hydrogen) atoms. The minimum Gasteiger partial charge on any atom is -0.256 e. The zero-order valence-corrected chi connectivity index (χ0v) is 18.5. The van der Waals surface area contributed by atoms with Crippen LogP contribution in [-0.2, 0) is 12.4 Å². The van der Waals surface area contributed by atoms with Crippen molar-refractivity contribution >= 4 is 10.8 Å². The zero-order chi connectivity index (χ0) is 25.5. The second kappa shape index (κ2) is 8.82. The number of alkyl halides is 6. The minimum atomic E-state index is -4.38. The summed E-state index contributed by atoms with van der Waals surface area (Å²) in [7, 11) is 0. The SMILES string of the molecule is FC(F)(F)c1ccc(-c2ccc3cc(-c4ccc(-c5ccc(C(F)(F)F)cc5)nc4)ccc3c2)cc1. The Morgan fingerprint density at radius 1 is 0.417 bits per heavy atom. The van der Waals surface area contributed by atoms with E-state index in [9.17, 15) is 26.3 Å². The Hall–Kier alpha value is -4.13. The van der Waals surface area contributed by atoms with Gasteiger partial charge >= 0.3 is 12.4 Å². The zero-order valence-electron chi connectivity index (χ0n) is 18.5. The summed E-state index contributed by atoms with van der Waals surface area (Å²) in [5.74, 6) is 0. The molecule has 1 nitrogen and oxygen atoms in total. The van der Waals surface area contributed by atoms with Gasteiger partial charge in [-0.3, -0.25) is 4.98 Å². The molecule has 1 aromatic heterocycles. The number of benzene rings is 4. The van der Waals surface area contributed by atoms with Crippen LogP contribution in [0.2, 0.25) is 0 Å². The summed E-state index contributed by atoms with van der Waals surface area (Å²) < 4.78 is 76.8. The van der Waals surface area contributed by atoms with Crippen molar-refractivity contribution in [1.29, 1.82) is 0 Å². The molecule has 0 radical (unpaired) electrons. The lowest BCUT2D eigenvalue weighted by atomic mass is 9.97. The summed E-state index contributed by atoms with van der Waals surface area (Å²) in [6, 6.07) is 25.1. The van der Waals surface area contributed by atoms with Gasteiger partial charge in [0.15, 0.2) is 0 Å². The normalized spacial score (nSPS) is 12.2. The maximum Gasteiger partial charge on any atom is 0.416 e. The average Bonchev–Trinajstić information content (AvgIpc) is 2.87. The number of hydrogen-bond acceptors (Lipinski definition) is 1. The molecule has 0 saturated heterocycles. The van der Waals surface area contributed by atoms with Crippen molar-refractivity contribution in [1.82, 2.24) is 4.98 Å². The van der Waals surface area contributed by atoms with Gasteiger partial charge in [0, 0.05) is 17.3 Å². The van der Waals surface area contributed by atoms with E-state index in [-0.39, 0.29) is 0 Å². The summed E-state index contributed by atoms with van der Waals surface area (Å²) in [6.07, 6.45) is -7.09. The van der Waals surface area contributed by atoms with Crippen molar-refractivity contribution < 1.29 is 26.3 Å². The Bertz CT molecular complexity index is 1510. The number of pyridine rings is 1. The first-order valence-corrected chi connectivity index (χ1v) is 10.9. The van der Waals surface area contributed by atoms with E-state index in [1.54, 1.807) is 12.3 Å². The third-order valence-corrected chi connectivity index (χ3v) is 5.99. The fourth-order valence-corrected chi connectivity index (χ4v) is 4.02. The summed E-state index contributed by atoms with van der Waals surface area (Å²) >= 11 is 0. The van der Waals surface area contributed by atoms with Crippen LogP contribution >= 0.6 is 0 Å². The highest BCUT2D eigenvalue weighted by Gasteiger charge is 2.30. The Balaban J connectivity index is 1.38. The van der Waals surface area contributed by atoms with Crippen molar-refractivity contribution in [3.63, 3.8) is 0 Å². The second-order valence-corrected chi connectivity index (χ2v) is 8.36. The standard InChI is InChI=1S/C29H17F6N/c30-28(31,32)25-10-5-18(6-11-25)20-1-2-22-16-23(4-3-21(22)15-20)24-9-14-27(36-17-24)19-7-12-26(13-8-19)29(33,34)35/h1-17H. The number of aromatic nitrogens is 1. The van der Waals surface area contributed by atoms with E-state index in [1.807, 2.05) is 42.5 Å². The van der Waals surface area contributed by atoms with Gasteiger partial charge in [-0.25, -0.2) is 0 Å². The number of rotatable bonds is 3. The molecular weight excluding hydrogens is 476 g/mol. The monoisotopic (exact) mass is 493 g/mol. The summed E-state index contributed by atoms with van der Waals surface area (Å²) in [5.41, 5.74) is 3.02. The number of fused-ring (bicyclic) bond motifs is 1. The quantitative estimate of drug-likeness (QED) is 0.228. The molecule has 7 heteroatoms.